The zero-order chi connectivity index (χ0) is 9.97. The third-order valence-electron chi connectivity index (χ3n) is 3.39. The number of hydrogen-bond acceptors (Lipinski definition) is 2. The zero-order valence-electron chi connectivity index (χ0n) is 8.96. The highest BCUT2D eigenvalue weighted by Crippen LogP contribution is 2.21. The van der Waals surface area contributed by atoms with E-state index in [1.807, 2.05) is 0 Å². The molecule has 0 saturated carbocycles. The lowest BCUT2D eigenvalue weighted by Crippen LogP contribution is -2.61. The summed E-state index contributed by atoms with van der Waals surface area (Å²) in [5, 5.41) is 3.38. The fraction of sp³-hybridized carbons (Fsp3) is 0.909. The number of rotatable bonds is 2. The second-order valence-electron chi connectivity index (χ2n) is 4.43. The summed E-state index contributed by atoms with van der Waals surface area (Å²) in [6.07, 6.45) is 5.75. The third kappa shape index (κ3) is 1.78. The predicted octanol–water partition coefficient (Wildman–Crippen LogP) is 1.14. The van der Waals surface area contributed by atoms with Crippen molar-refractivity contribution in [3.8, 4) is 0 Å². The maximum atomic E-state index is 12.0. The molecule has 0 bridgehead atoms. The van der Waals surface area contributed by atoms with E-state index in [0.717, 1.165) is 25.9 Å². The van der Waals surface area contributed by atoms with Crippen molar-refractivity contribution >= 4 is 5.91 Å². The summed E-state index contributed by atoms with van der Waals surface area (Å²) >= 11 is 0. The minimum atomic E-state index is 0.106. The number of amides is 1. The first kappa shape index (κ1) is 9.97. The van der Waals surface area contributed by atoms with Gasteiger partial charge in [0.1, 0.15) is 0 Å². The Hall–Kier alpha value is -0.570. The normalized spacial score (nSPS) is 32.9. The first-order valence-electron chi connectivity index (χ1n) is 5.86. The van der Waals surface area contributed by atoms with Crippen LogP contribution in [0.1, 0.15) is 39.0 Å². The first-order chi connectivity index (χ1) is 6.83. The molecule has 0 aromatic rings. The van der Waals surface area contributed by atoms with Crippen molar-refractivity contribution in [2.75, 3.05) is 13.1 Å². The maximum Gasteiger partial charge on any atom is 0.239 e. The van der Waals surface area contributed by atoms with E-state index >= 15 is 0 Å². The van der Waals surface area contributed by atoms with E-state index in [1.54, 1.807) is 0 Å². The van der Waals surface area contributed by atoms with Crippen molar-refractivity contribution < 1.29 is 4.79 Å². The summed E-state index contributed by atoms with van der Waals surface area (Å²) in [4.78, 5) is 14.1. The molecule has 2 fully saturated rings. The van der Waals surface area contributed by atoms with Gasteiger partial charge >= 0.3 is 0 Å². The van der Waals surface area contributed by atoms with E-state index in [0.29, 0.717) is 11.9 Å². The number of nitrogens with zero attached hydrogens (tertiary/aromatic N) is 1. The SMILES string of the molecule is CCCC1NCC2CCCCN2C1=O. The van der Waals surface area contributed by atoms with E-state index < -0.39 is 0 Å². The molecular weight excluding hydrogens is 176 g/mol. The van der Waals surface area contributed by atoms with Crippen LogP contribution in [0.5, 0.6) is 0 Å². The molecule has 14 heavy (non-hydrogen) atoms. The lowest BCUT2D eigenvalue weighted by atomic mass is 9.96. The van der Waals surface area contributed by atoms with Crippen LogP contribution in [0.25, 0.3) is 0 Å². The smallest absolute Gasteiger partial charge is 0.239 e. The van der Waals surface area contributed by atoms with Crippen LogP contribution in [0.3, 0.4) is 0 Å². The van der Waals surface area contributed by atoms with Crippen molar-refractivity contribution in [2.45, 2.75) is 51.1 Å². The molecule has 3 nitrogen and oxygen atoms in total. The zero-order valence-corrected chi connectivity index (χ0v) is 8.96. The van der Waals surface area contributed by atoms with Crippen molar-refractivity contribution in [1.82, 2.24) is 10.2 Å². The summed E-state index contributed by atoms with van der Waals surface area (Å²) in [7, 11) is 0. The van der Waals surface area contributed by atoms with Crippen LogP contribution < -0.4 is 5.32 Å². The molecular formula is C11H20N2O. The largest absolute Gasteiger partial charge is 0.337 e. The monoisotopic (exact) mass is 196 g/mol. The summed E-state index contributed by atoms with van der Waals surface area (Å²) in [6, 6.07) is 0.596. The van der Waals surface area contributed by atoms with Crippen LogP contribution in [0.2, 0.25) is 0 Å². The van der Waals surface area contributed by atoms with Gasteiger partial charge in [-0.3, -0.25) is 4.79 Å². The average molecular weight is 196 g/mol. The Morgan fingerprint density at radius 1 is 1.50 bits per heavy atom. The summed E-state index contributed by atoms with van der Waals surface area (Å²) in [6.45, 7) is 4.14. The number of carbonyl (C=O) groups excluding carboxylic acids is 1. The molecule has 1 amide bonds. The second-order valence-corrected chi connectivity index (χ2v) is 4.43. The number of hydrogen-bond donors (Lipinski definition) is 1. The van der Waals surface area contributed by atoms with E-state index in [1.165, 1.54) is 19.3 Å². The Bertz CT molecular complexity index is 217. The van der Waals surface area contributed by atoms with Crippen molar-refractivity contribution in [1.29, 1.82) is 0 Å². The number of piperidine rings is 1. The number of piperazine rings is 1. The fourth-order valence-electron chi connectivity index (χ4n) is 2.58. The van der Waals surface area contributed by atoms with Crippen LogP contribution in [0.15, 0.2) is 0 Å². The minimum Gasteiger partial charge on any atom is -0.337 e. The molecule has 2 atom stereocenters. The minimum absolute atomic E-state index is 0.106. The molecule has 2 aliphatic rings. The summed E-state index contributed by atoms with van der Waals surface area (Å²) in [5.74, 6) is 0.350. The van der Waals surface area contributed by atoms with Gasteiger partial charge in [-0.25, -0.2) is 0 Å². The molecule has 2 heterocycles. The first-order valence-corrected chi connectivity index (χ1v) is 5.86. The highest BCUT2D eigenvalue weighted by molar-refractivity contribution is 5.83. The molecule has 0 aromatic carbocycles. The molecule has 80 valence electrons. The lowest BCUT2D eigenvalue weighted by Gasteiger charge is -2.42. The number of nitrogens with one attached hydrogen (secondary N) is 1. The van der Waals surface area contributed by atoms with Gasteiger partial charge in [0.25, 0.3) is 0 Å². The van der Waals surface area contributed by atoms with Gasteiger partial charge in [-0.15, -0.1) is 0 Å². The third-order valence-corrected chi connectivity index (χ3v) is 3.39. The molecule has 0 radical (unpaired) electrons. The van der Waals surface area contributed by atoms with Gasteiger partial charge < -0.3 is 10.2 Å². The Morgan fingerprint density at radius 2 is 2.36 bits per heavy atom. The van der Waals surface area contributed by atoms with E-state index in [9.17, 15) is 4.79 Å². The van der Waals surface area contributed by atoms with E-state index in [4.69, 9.17) is 0 Å². The van der Waals surface area contributed by atoms with Gasteiger partial charge in [-0.2, -0.15) is 0 Å². The van der Waals surface area contributed by atoms with E-state index in [2.05, 4.69) is 17.1 Å². The van der Waals surface area contributed by atoms with Gasteiger partial charge in [-0.1, -0.05) is 13.3 Å². The number of fused-ring (bicyclic) bond motifs is 1. The molecule has 3 heteroatoms. The topological polar surface area (TPSA) is 32.3 Å². The molecule has 2 unspecified atom stereocenters. The molecule has 2 rings (SSSR count). The van der Waals surface area contributed by atoms with Crippen LogP contribution in [-0.2, 0) is 4.79 Å². The van der Waals surface area contributed by atoms with Gasteiger partial charge in [0.15, 0.2) is 0 Å². The van der Waals surface area contributed by atoms with Gasteiger partial charge in [0.2, 0.25) is 5.91 Å². The highest BCUT2D eigenvalue weighted by Gasteiger charge is 2.35. The van der Waals surface area contributed by atoms with Crippen LogP contribution in [0, 0.1) is 0 Å². The molecule has 2 aliphatic heterocycles. The van der Waals surface area contributed by atoms with Crippen molar-refractivity contribution in [2.24, 2.45) is 0 Å². The van der Waals surface area contributed by atoms with Crippen LogP contribution in [-0.4, -0.2) is 36.0 Å². The summed E-state index contributed by atoms with van der Waals surface area (Å²) in [5.41, 5.74) is 0. The van der Waals surface area contributed by atoms with Gasteiger partial charge in [0.05, 0.1) is 6.04 Å². The maximum absolute atomic E-state index is 12.0. The standard InChI is InChI=1S/C11H20N2O/c1-2-5-10-11(14)13-7-4-3-6-9(13)8-12-10/h9-10,12H,2-8H2,1H3. The van der Waals surface area contributed by atoms with Crippen LogP contribution in [0.4, 0.5) is 0 Å². The molecule has 0 aromatic heterocycles. The highest BCUT2D eigenvalue weighted by atomic mass is 16.2. The number of carbonyl (C=O) groups is 1. The quantitative estimate of drug-likeness (QED) is 0.718. The van der Waals surface area contributed by atoms with Crippen molar-refractivity contribution in [3.63, 3.8) is 0 Å². The Labute approximate surface area is 85.8 Å². The fourth-order valence-corrected chi connectivity index (χ4v) is 2.58. The Balaban J connectivity index is 1.99. The van der Waals surface area contributed by atoms with Crippen molar-refractivity contribution in [3.05, 3.63) is 0 Å². The predicted molar refractivity (Wildman–Crippen MR) is 56.1 cm³/mol. The second kappa shape index (κ2) is 4.30. The lowest BCUT2D eigenvalue weighted by molar-refractivity contribution is -0.140. The molecule has 0 aliphatic carbocycles. The van der Waals surface area contributed by atoms with Gasteiger partial charge in [0, 0.05) is 19.1 Å². The Morgan fingerprint density at radius 3 is 3.14 bits per heavy atom. The molecule has 2 saturated heterocycles. The average Bonchev–Trinajstić information content (AvgIpc) is 2.23. The molecule has 0 spiro atoms. The van der Waals surface area contributed by atoms with Gasteiger partial charge in [-0.05, 0) is 25.7 Å². The van der Waals surface area contributed by atoms with Crippen LogP contribution >= 0.6 is 0 Å². The van der Waals surface area contributed by atoms with E-state index in [-0.39, 0.29) is 6.04 Å². The summed E-state index contributed by atoms with van der Waals surface area (Å²) < 4.78 is 0. The Kier molecular flexibility index (Phi) is 3.06. The molecule has 1 N–H and O–H groups in total.